The van der Waals surface area contributed by atoms with Gasteiger partial charge in [-0.25, -0.2) is 9.97 Å². The third-order valence-electron chi connectivity index (χ3n) is 7.70. The molecule has 0 bridgehead atoms. The molecule has 3 aromatic heterocycles. The van der Waals surface area contributed by atoms with Crippen LogP contribution < -0.4 is 0 Å². The first kappa shape index (κ1) is 29.7. The zero-order chi connectivity index (χ0) is 31.9. The van der Waals surface area contributed by atoms with E-state index in [9.17, 15) is 0 Å². The summed E-state index contributed by atoms with van der Waals surface area (Å²) in [6.07, 6.45) is 9.85. The highest BCUT2D eigenvalue weighted by molar-refractivity contribution is 6.18. The summed E-state index contributed by atoms with van der Waals surface area (Å²) in [4.78, 5) is 9.57. The highest BCUT2D eigenvalue weighted by atomic mass is 15.1. The summed E-state index contributed by atoms with van der Waals surface area (Å²) in [5.74, 6) is 1.58. The lowest BCUT2D eigenvalue weighted by atomic mass is 10.0. The molecule has 0 amide bonds. The Hall–Kier alpha value is -6.33. The number of hydrogen-bond acceptors (Lipinski definition) is 3. The number of aromatic nitrogens is 4. The standard InChI is InChI=1S/C34H22N4.C4H6.C3H5N/c1-3-9-23(10-4-1)34-35-19-17-33(36-34)38-31-14-8-7-13-26(31)29-22-28-24(21-32(29)38)15-16-30-27(28)18-20-37(30)25-11-5-2-6-12-25;1-3-4-2;1-2-3-4/h1-22H;3-4H,1-2H2;2-4H,1H2. The van der Waals surface area contributed by atoms with Crippen molar-refractivity contribution in [2.45, 2.75) is 0 Å². The van der Waals surface area contributed by atoms with E-state index in [1.807, 2.05) is 42.6 Å². The molecule has 1 N–H and O–H groups in total. The van der Waals surface area contributed by atoms with Gasteiger partial charge < -0.3 is 9.98 Å². The highest BCUT2D eigenvalue weighted by Gasteiger charge is 2.16. The SMILES string of the molecule is C=CC=C.C=CC=N.c1ccc(-c2nccc(-n3c4ccccc4c4cc5c(ccc6c5ccn6-c5ccccc5)cc43)n2)cc1. The lowest BCUT2D eigenvalue weighted by Gasteiger charge is -2.10. The molecule has 0 aliphatic carbocycles. The van der Waals surface area contributed by atoms with E-state index in [-0.39, 0.29) is 0 Å². The fraction of sp³-hybridized carbons (Fsp3) is 0. The number of nitrogens with zero attached hydrogens (tertiary/aromatic N) is 4. The van der Waals surface area contributed by atoms with Crippen LogP contribution in [0, 0.1) is 5.41 Å². The molecule has 0 saturated carbocycles. The first-order chi connectivity index (χ1) is 22.7. The molecule has 0 atom stereocenters. The van der Waals surface area contributed by atoms with Gasteiger partial charge in [0.25, 0.3) is 0 Å². The molecular formula is C41H33N5. The van der Waals surface area contributed by atoms with Crippen LogP contribution in [-0.2, 0) is 0 Å². The first-order valence-corrected chi connectivity index (χ1v) is 14.9. The zero-order valence-electron chi connectivity index (χ0n) is 25.4. The van der Waals surface area contributed by atoms with Crippen molar-refractivity contribution in [3.8, 4) is 22.9 Å². The molecule has 8 aromatic rings. The average molecular weight is 596 g/mol. The predicted molar refractivity (Wildman–Crippen MR) is 196 cm³/mol. The van der Waals surface area contributed by atoms with Gasteiger partial charge in [0.2, 0.25) is 0 Å². The summed E-state index contributed by atoms with van der Waals surface area (Å²) in [6, 6.07) is 42.5. The van der Waals surface area contributed by atoms with Crippen LogP contribution in [0.3, 0.4) is 0 Å². The van der Waals surface area contributed by atoms with Gasteiger partial charge in [-0.3, -0.25) is 4.57 Å². The number of rotatable bonds is 5. The van der Waals surface area contributed by atoms with Gasteiger partial charge >= 0.3 is 0 Å². The largest absolute Gasteiger partial charge is 0.317 e. The van der Waals surface area contributed by atoms with Gasteiger partial charge in [-0.1, -0.05) is 111 Å². The van der Waals surface area contributed by atoms with Crippen molar-refractivity contribution in [1.29, 1.82) is 5.41 Å². The summed E-state index contributed by atoms with van der Waals surface area (Å²) >= 11 is 0. The highest BCUT2D eigenvalue weighted by Crippen LogP contribution is 2.37. The molecule has 46 heavy (non-hydrogen) atoms. The van der Waals surface area contributed by atoms with Crippen LogP contribution in [0.15, 0.2) is 172 Å². The van der Waals surface area contributed by atoms with Gasteiger partial charge in [-0.05, 0) is 59.3 Å². The maximum atomic E-state index is 6.21. The van der Waals surface area contributed by atoms with E-state index in [2.05, 4.69) is 125 Å². The first-order valence-electron chi connectivity index (χ1n) is 14.9. The smallest absolute Gasteiger partial charge is 0.161 e. The molecule has 0 saturated heterocycles. The molecule has 0 fully saturated rings. The van der Waals surface area contributed by atoms with Crippen molar-refractivity contribution in [2.24, 2.45) is 0 Å². The maximum absolute atomic E-state index is 6.21. The topological polar surface area (TPSA) is 59.5 Å². The Bertz CT molecular complexity index is 2300. The number of allylic oxidation sites excluding steroid dienone is 3. The van der Waals surface area contributed by atoms with Crippen LogP contribution in [0.25, 0.3) is 66.4 Å². The van der Waals surface area contributed by atoms with Gasteiger partial charge in [0.1, 0.15) is 5.82 Å². The Morgan fingerprint density at radius 2 is 1.26 bits per heavy atom. The van der Waals surface area contributed by atoms with Crippen molar-refractivity contribution in [1.82, 2.24) is 19.1 Å². The van der Waals surface area contributed by atoms with E-state index in [4.69, 9.17) is 10.4 Å². The molecular weight excluding hydrogens is 562 g/mol. The van der Waals surface area contributed by atoms with Crippen LogP contribution in [0.4, 0.5) is 0 Å². The zero-order valence-corrected chi connectivity index (χ0v) is 25.4. The van der Waals surface area contributed by atoms with E-state index < -0.39 is 0 Å². The van der Waals surface area contributed by atoms with E-state index in [1.165, 1.54) is 38.5 Å². The predicted octanol–water partition coefficient (Wildman–Crippen LogP) is 10.5. The molecule has 0 spiro atoms. The van der Waals surface area contributed by atoms with Gasteiger partial charge in [0.15, 0.2) is 5.82 Å². The quantitative estimate of drug-likeness (QED) is 0.159. The second-order valence-corrected chi connectivity index (χ2v) is 10.4. The fourth-order valence-corrected chi connectivity index (χ4v) is 5.67. The molecule has 0 aliphatic rings. The fourth-order valence-electron chi connectivity index (χ4n) is 5.67. The molecule has 0 aliphatic heterocycles. The van der Waals surface area contributed by atoms with Crippen molar-refractivity contribution < 1.29 is 0 Å². The number of hydrogen-bond donors (Lipinski definition) is 1. The average Bonchev–Trinajstić information content (AvgIpc) is 3.71. The minimum atomic E-state index is 0.721. The van der Waals surface area contributed by atoms with E-state index in [0.29, 0.717) is 0 Å². The second-order valence-electron chi connectivity index (χ2n) is 10.4. The molecule has 5 aromatic carbocycles. The van der Waals surface area contributed by atoms with E-state index in [1.54, 1.807) is 12.2 Å². The molecule has 5 nitrogen and oxygen atoms in total. The molecule has 5 heteroatoms. The molecule has 8 rings (SSSR count). The van der Waals surface area contributed by atoms with Crippen molar-refractivity contribution in [2.75, 3.05) is 0 Å². The van der Waals surface area contributed by atoms with Gasteiger partial charge in [-0.15, -0.1) is 0 Å². The van der Waals surface area contributed by atoms with Crippen molar-refractivity contribution in [3.05, 3.63) is 172 Å². The third kappa shape index (κ3) is 5.65. The normalized spacial score (nSPS) is 10.5. The van der Waals surface area contributed by atoms with Crippen LogP contribution in [0.1, 0.15) is 0 Å². The molecule has 0 radical (unpaired) electrons. The number of benzene rings is 5. The molecule has 222 valence electrons. The van der Waals surface area contributed by atoms with Gasteiger partial charge in [-0.2, -0.15) is 0 Å². The van der Waals surface area contributed by atoms with Crippen molar-refractivity contribution in [3.63, 3.8) is 0 Å². The van der Waals surface area contributed by atoms with E-state index in [0.717, 1.165) is 40.1 Å². The Balaban J connectivity index is 0.000000420. The molecule has 0 unspecified atom stereocenters. The second kappa shape index (κ2) is 13.5. The third-order valence-corrected chi connectivity index (χ3v) is 7.70. The Morgan fingerprint density at radius 3 is 1.98 bits per heavy atom. The molecule has 3 heterocycles. The Labute approximate surface area is 268 Å². The lowest BCUT2D eigenvalue weighted by molar-refractivity contribution is 1.04. The monoisotopic (exact) mass is 595 g/mol. The Morgan fingerprint density at radius 1 is 0.587 bits per heavy atom. The summed E-state index contributed by atoms with van der Waals surface area (Å²) in [7, 11) is 0. The van der Waals surface area contributed by atoms with Crippen LogP contribution in [0.5, 0.6) is 0 Å². The minimum Gasteiger partial charge on any atom is -0.317 e. The van der Waals surface area contributed by atoms with Gasteiger partial charge in [0.05, 0.1) is 16.6 Å². The van der Waals surface area contributed by atoms with Crippen molar-refractivity contribution >= 4 is 49.7 Å². The lowest BCUT2D eigenvalue weighted by Crippen LogP contribution is -2.00. The summed E-state index contributed by atoms with van der Waals surface area (Å²) in [5.41, 5.74) is 5.64. The van der Waals surface area contributed by atoms with Crippen LogP contribution >= 0.6 is 0 Å². The van der Waals surface area contributed by atoms with Gasteiger partial charge in [0, 0.05) is 46.0 Å². The van der Waals surface area contributed by atoms with Crippen LogP contribution in [-0.4, -0.2) is 25.3 Å². The maximum Gasteiger partial charge on any atom is 0.161 e. The summed E-state index contributed by atoms with van der Waals surface area (Å²) in [5, 5.41) is 12.3. The number of fused-ring (bicyclic) bond motifs is 6. The number of nitrogens with one attached hydrogen (secondary N) is 1. The van der Waals surface area contributed by atoms with E-state index >= 15 is 0 Å². The number of para-hydroxylation sites is 2. The van der Waals surface area contributed by atoms with Crippen LogP contribution in [0.2, 0.25) is 0 Å². The summed E-state index contributed by atoms with van der Waals surface area (Å²) in [6.45, 7) is 9.96. The summed E-state index contributed by atoms with van der Waals surface area (Å²) < 4.78 is 4.52. The Kier molecular flexibility index (Phi) is 8.75. The minimum absolute atomic E-state index is 0.721.